The summed E-state index contributed by atoms with van der Waals surface area (Å²) in [6.45, 7) is 4.21. The van der Waals surface area contributed by atoms with E-state index >= 15 is 0 Å². The highest BCUT2D eigenvalue weighted by molar-refractivity contribution is 8.00. The number of thiazole rings is 1. The van der Waals surface area contributed by atoms with Crippen molar-refractivity contribution in [2.75, 3.05) is 18.2 Å². The number of nitrogens with one attached hydrogen (secondary N) is 1. The van der Waals surface area contributed by atoms with Crippen molar-refractivity contribution < 1.29 is 23.0 Å². The Balaban J connectivity index is 1.72. The third-order valence-electron chi connectivity index (χ3n) is 5.41. The maximum atomic E-state index is 13.4. The number of hydrogen-bond acceptors (Lipinski definition) is 8. The highest BCUT2D eigenvalue weighted by atomic mass is 35.5. The van der Waals surface area contributed by atoms with E-state index in [2.05, 4.69) is 40.0 Å². The molecule has 0 aliphatic heterocycles. The fraction of sp³-hybridized carbons (Fsp3) is 0.333. The van der Waals surface area contributed by atoms with Gasteiger partial charge in [0.05, 0.1) is 33.4 Å². The third kappa shape index (κ3) is 6.89. The fourth-order valence-electron chi connectivity index (χ4n) is 3.55. The molecule has 8 nitrogen and oxygen atoms in total. The van der Waals surface area contributed by atoms with Crippen LogP contribution in [0.2, 0.25) is 30.7 Å². The van der Waals surface area contributed by atoms with Gasteiger partial charge in [0.15, 0.2) is 4.34 Å². The second-order valence-corrected chi connectivity index (χ2v) is 17.6. The van der Waals surface area contributed by atoms with Gasteiger partial charge in [0.25, 0.3) is 5.91 Å². The van der Waals surface area contributed by atoms with Crippen molar-refractivity contribution in [1.29, 1.82) is 0 Å². The molecule has 0 saturated carbocycles. The SMILES string of the molecule is CSc1nc2c(C(=O)Nc3cnn(COCC[Si](C)(C)C)c3-c3cc(Cl)ccc3OC(F)F)cncc2s1. The molecule has 202 valence electrons. The van der Waals surface area contributed by atoms with Gasteiger partial charge in [-0.2, -0.15) is 13.9 Å². The number of fused-ring (bicyclic) bond motifs is 1. The van der Waals surface area contributed by atoms with Crippen LogP contribution in [0.15, 0.2) is 41.1 Å². The lowest BCUT2D eigenvalue weighted by Gasteiger charge is -2.17. The quantitative estimate of drug-likeness (QED) is 0.112. The summed E-state index contributed by atoms with van der Waals surface area (Å²) in [6, 6.07) is 5.22. The van der Waals surface area contributed by atoms with Gasteiger partial charge in [0, 0.05) is 37.7 Å². The molecule has 4 aromatic rings. The number of ether oxygens (including phenoxy) is 2. The molecule has 1 N–H and O–H groups in total. The number of amides is 1. The molecular formula is C24H26ClF2N5O3S2Si. The van der Waals surface area contributed by atoms with Crippen LogP contribution in [0.4, 0.5) is 14.5 Å². The zero-order valence-corrected chi connectivity index (χ0v) is 24.5. The molecule has 0 aliphatic carbocycles. The van der Waals surface area contributed by atoms with Gasteiger partial charge in [-0.15, -0.1) is 11.3 Å². The van der Waals surface area contributed by atoms with Crippen LogP contribution in [0.5, 0.6) is 5.75 Å². The second kappa shape index (κ2) is 12.1. The van der Waals surface area contributed by atoms with E-state index in [1.165, 1.54) is 58.4 Å². The Bertz CT molecular complexity index is 1440. The number of halogens is 3. The van der Waals surface area contributed by atoms with Crippen molar-refractivity contribution >= 4 is 64.6 Å². The van der Waals surface area contributed by atoms with Gasteiger partial charge in [-0.3, -0.25) is 9.78 Å². The van der Waals surface area contributed by atoms with E-state index in [1.807, 2.05) is 6.26 Å². The summed E-state index contributed by atoms with van der Waals surface area (Å²) >= 11 is 9.15. The predicted molar refractivity (Wildman–Crippen MR) is 151 cm³/mol. The number of aromatic nitrogens is 4. The van der Waals surface area contributed by atoms with Crippen molar-refractivity contribution in [3.63, 3.8) is 0 Å². The molecule has 3 heterocycles. The van der Waals surface area contributed by atoms with Crippen molar-refractivity contribution in [1.82, 2.24) is 19.7 Å². The number of alkyl halides is 2. The minimum atomic E-state index is -3.06. The highest BCUT2D eigenvalue weighted by Crippen LogP contribution is 2.38. The van der Waals surface area contributed by atoms with Gasteiger partial charge >= 0.3 is 6.61 Å². The van der Waals surface area contributed by atoms with Crippen LogP contribution in [0.3, 0.4) is 0 Å². The molecule has 3 aromatic heterocycles. The normalized spacial score (nSPS) is 11.9. The Kier molecular flexibility index (Phi) is 9.03. The van der Waals surface area contributed by atoms with Gasteiger partial charge in [-0.05, 0) is 30.5 Å². The first-order chi connectivity index (χ1) is 18.1. The number of nitrogens with zero attached hydrogens (tertiary/aromatic N) is 4. The Labute approximate surface area is 232 Å². The first-order valence-corrected chi connectivity index (χ1v) is 17.7. The van der Waals surface area contributed by atoms with E-state index in [4.69, 9.17) is 21.1 Å². The minimum absolute atomic E-state index is 0.0383. The molecule has 0 spiro atoms. The van der Waals surface area contributed by atoms with Crippen LogP contribution in [0, 0.1) is 0 Å². The summed E-state index contributed by atoms with van der Waals surface area (Å²) in [5, 5.41) is 7.51. The Morgan fingerprint density at radius 2 is 2.05 bits per heavy atom. The maximum Gasteiger partial charge on any atom is 0.387 e. The van der Waals surface area contributed by atoms with Gasteiger partial charge in [0.1, 0.15) is 12.5 Å². The largest absolute Gasteiger partial charge is 0.434 e. The van der Waals surface area contributed by atoms with Crippen molar-refractivity contribution in [2.45, 2.75) is 43.4 Å². The molecule has 0 fully saturated rings. The van der Waals surface area contributed by atoms with E-state index in [1.54, 1.807) is 6.20 Å². The van der Waals surface area contributed by atoms with Crippen LogP contribution < -0.4 is 10.1 Å². The lowest BCUT2D eigenvalue weighted by atomic mass is 10.1. The summed E-state index contributed by atoms with van der Waals surface area (Å²) in [7, 11) is -1.33. The molecule has 14 heteroatoms. The molecule has 0 aliphatic rings. The standard InChI is InChI=1S/C24H26ClF2N5O3S2Si/c1-36-24-31-20-16(10-28-12-19(20)37-24)22(33)30-17-11-29-32(13-34-7-8-38(2,3)4)21(17)15-9-14(25)5-6-18(15)35-23(26)27/h5-6,9-12,23H,7-8,13H2,1-4H3,(H,30,33). The van der Waals surface area contributed by atoms with E-state index < -0.39 is 20.6 Å². The minimum Gasteiger partial charge on any atom is -0.434 e. The molecule has 0 unspecified atom stereocenters. The van der Waals surface area contributed by atoms with E-state index in [9.17, 15) is 13.6 Å². The number of carbonyl (C=O) groups excluding carboxylic acids is 1. The molecule has 4 rings (SSSR count). The number of rotatable bonds is 11. The van der Waals surface area contributed by atoms with Gasteiger partial charge < -0.3 is 14.8 Å². The van der Waals surface area contributed by atoms with E-state index in [-0.39, 0.29) is 29.3 Å². The number of benzene rings is 1. The van der Waals surface area contributed by atoms with Crippen molar-refractivity contribution in [3.8, 4) is 17.0 Å². The van der Waals surface area contributed by atoms with Crippen LogP contribution in [0.1, 0.15) is 10.4 Å². The summed E-state index contributed by atoms with van der Waals surface area (Å²) in [5.74, 6) is -0.587. The molecule has 38 heavy (non-hydrogen) atoms. The van der Waals surface area contributed by atoms with Gasteiger partial charge in [-0.1, -0.05) is 43.0 Å². The van der Waals surface area contributed by atoms with E-state index in [0.29, 0.717) is 22.8 Å². The number of carbonyl (C=O) groups is 1. The van der Waals surface area contributed by atoms with Crippen molar-refractivity contribution in [2.24, 2.45) is 0 Å². The summed E-state index contributed by atoms with van der Waals surface area (Å²) < 4.78 is 40.2. The zero-order valence-electron chi connectivity index (χ0n) is 21.1. The molecule has 1 aromatic carbocycles. The maximum absolute atomic E-state index is 13.4. The summed E-state index contributed by atoms with van der Waals surface area (Å²) in [5.41, 5.74) is 1.61. The van der Waals surface area contributed by atoms with Gasteiger partial charge in [0.2, 0.25) is 0 Å². The van der Waals surface area contributed by atoms with Crippen LogP contribution in [-0.2, 0) is 11.5 Å². The number of hydrogen-bond donors (Lipinski definition) is 1. The lowest BCUT2D eigenvalue weighted by Crippen LogP contribution is -2.22. The van der Waals surface area contributed by atoms with Crippen LogP contribution >= 0.6 is 34.7 Å². The highest BCUT2D eigenvalue weighted by Gasteiger charge is 2.23. The van der Waals surface area contributed by atoms with Gasteiger partial charge in [-0.25, -0.2) is 9.67 Å². The number of thioether (sulfide) groups is 1. The monoisotopic (exact) mass is 597 g/mol. The first-order valence-electron chi connectivity index (χ1n) is 11.5. The van der Waals surface area contributed by atoms with E-state index in [0.717, 1.165) is 15.1 Å². The second-order valence-electron chi connectivity index (χ2n) is 9.45. The zero-order chi connectivity index (χ0) is 27.4. The fourth-order valence-corrected chi connectivity index (χ4v) is 5.95. The third-order valence-corrected chi connectivity index (χ3v) is 9.33. The number of anilines is 1. The van der Waals surface area contributed by atoms with Crippen LogP contribution in [-0.4, -0.2) is 53.2 Å². The summed E-state index contributed by atoms with van der Waals surface area (Å²) in [6.07, 6.45) is 6.44. The predicted octanol–water partition coefficient (Wildman–Crippen LogP) is 7.10. The smallest absolute Gasteiger partial charge is 0.387 e. The molecule has 0 atom stereocenters. The molecular weight excluding hydrogens is 572 g/mol. The average molecular weight is 598 g/mol. The average Bonchev–Trinajstić information content (AvgIpc) is 3.45. The molecule has 0 bridgehead atoms. The number of pyridine rings is 1. The lowest BCUT2D eigenvalue weighted by molar-refractivity contribution is -0.0495. The summed E-state index contributed by atoms with van der Waals surface area (Å²) in [4.78, 5) is 22.1. The van der Waals surface area contributed by atoms with Crippen LogP contribution in [0.25, 0.3) is 21.5 Å². The Morgan fingerprint density at radius 3 is 2.76 bits per heavy atom. The molecule has 0 radical (unpaired) electrons. The van der Waals surface area contributed by atoms with Crippen molar-refractivity contribution in [3.05, 3.63) is 47.4 Å². The Morgan fingerprint density at radius 1 is 1.26 bits per heavy atom. The molecule has 0 saturated heterocycles. The first kappa shape index (κ1) is 28.4. The topological polar surface area (TPSA) is 91.2 Å². The Hall–Kier alpha value is -2.58. The molecule has 1 amide bonds.